The maximum Gasteiger partial charge on any atom is 0.245 e. The Hall–Kier alpha value is -1.60. The molecule has 2 fully saturated rings. The number of unbranched alkanes of at least 4 members (excludes halogenated alkanes) is 5. The number of anilines is 1. The maximum atomic E-state index is 13.3. The SMILES string of the molecule is CCCCCCCCC(=O)N1CC[C@@]2(C1)[C@@H](O)CN(c1ccccc1)S2(=O)=O. The van der Waals surface area contributed by atoms with Crippen LogP contribution in [0, 0.1) is 0 Å². The lowest BCUT2D eigenvalue weighted by molar-refractivity contribution is -0.130. The summed E-state index contributed by atoms with van der Waals surface area (Å²) < 4.78 is 26.6. The lowest BCUT2D eigenvalue weighted by Crippen LogP contribution is -2.48. The number of β-amino-alcohol motifs (C(OH)–C–C–N with tert-alkyl or cyclic N) is 1. The molecule has 1 spiro atoms. The lowest BCUT2D eigenvalue weighted by atomic mass is 10.0. The van der Waals surface area contributed by atoms with Gasteiger partial charge in [0.05, 0.1) is 18.3 Å². The van der Waals surface area contributed by atoms with Crippen molar-refractivity contribution in [2.24, 2.45) is 0 Å². The summed E-state index contributed by atoms with van der Waals surface area (Å²) in [7, 11) is -3.74. The van der Waals surface area contributed by atoms with E-state index in [1.807, 2.05) is 6.07 Å². The fraction of sp³-hybridized carbons (Fsp3) is 0.667. The Morgan fingerprint density at radius 2 is 1.82 bits per heavy atom. The molecule has 1 amide bonds. The van der Waals surface area contributed by atoms with Crippen LogP contribution in [0.2, 0.25) is 0 Å². The summed E-state index contributed by atoms with van der Waals surface area (Å²) >= 11 is 0. The smallest absolute Gasteiger partial charge is 0.245 e. The Kier molecular flexibility index (Phi) is 6.65. The topological polar surface area (TPSA) is 77.9 Å². The first-order valence-corrected chi connectivity index (χ1v) is 11.9. The predicted molar refractivity (Wildman–Crippen MR) is 111 cm³/mol. The number of aliphatic hydroxyl groups is 1. The number of sulfonamides is 1. The number of rotatable bonds is 8. The van der Waals surface area contributed by atoms with Crippen LogP contribution >= 0.6 is 0 Å². The van der Waals surface area contributed by atoms with E-state index in [4.69, 9.17) is 0 Å². The van der Waals surface area contributed by atoms with Crippen molar-refractivity contribution >= 4 is 21.6 Å². The monoisotopic (exact) mass is 408 g/mol. The van der Waals surface area contributed by atoms with Crippen molar-refractivity contribution in [3.05, 3.63) is 30.3 Å². The molecule has 1 aromatic rings. The molecule has 0 bridgehead atoms. The van der Waals surface area contributed by atoms with Crippen molar-refractivity contribution in [1.82, 2.24) is 4.90 Å². The van der Waals surface area contributed by atoms with Gasteiger partial charge in [0.1, 0.15) is 4.75 Å². The number of hydrogen-bond acceptors (Lipinski definition) is 4. The van der Waals surface area contributed by atoms with Crippen LogP contribution in [0.15, 0.2) is 30.3 Å². The fourth-order valence-corrected chi connectivity index (χ4v) is 6.63. The standard InChI is InChI=1S/C21H32N2O4S/c1-2-3-4-5-6-10-13-20(25)22-15-14-21(17-22)19(24)16-23(28(21,26)27)18-11-8-7-9-12-18/h7-9,11-12,19,24H,2-6,10,13-17H2,1H3/t19-,21+/m0/s1. The number of benzene rings is 1. The Morgan fingerprint density at radius 1 is 1.14 bits per heavy atom. The molecule has 2 aliphatic rings. The molecule has 1 aromatic carbocycles. The molecule has 0 saturated carbocycles. The molecule has 2 heterocycles. The summed E-state index contributed by atoms with van der Waals surface area (Å²) in [4.78, 5) is 14.2. The molecular weight excluding hydrogens is 376 g/mol. The van der Waals surface area contributed by atoms with Gasteiger partial charge in [-0.2, -0.15) is 0 Å². The van der Waals surface area contributed by atoms with E-state index in [2.05, 4.69) is 6.92 Å². The van der Waals surface area contributed by atoms with Gasteiger partial charge in [-0.05, 0) is 25.0 Å². The van der Waals surface area contributed by atoms with Crippen molar-refractivity contribution in [3.8, 4) is 0 Å². The maximum absolute atomic E-state index is 13.3. The fourth-order valence-electron chi connectivity index (χ4n) is 4.37. The van der Waals surface area contributed by atoms with Gasteiger partial charge in [-0.1, -0.05) is 57.2 Å². The number of nitrogens with zero attached hydrogens (tertiary/aromatic N) is 2. The first-order valence-electron chi connectivity index (χ1n) is 10.5. The third-order valence-corrected chi connectivity index (χ3v) is 8.73. The molecule has 0 unspecified atom stereocenters. The molecule has 6 nitrogen and oxygen atoms in total. The summed E-state index contributed by atoms with van der Waals surface area (Å²) in [5, 5.41) is 10.7. The average Bonchev–Trinajstić information content (AvgIpc) is 3.23. The minimum Gasteiger partial charge on any atom is -0.389 e. The normalized spacial score (nSPS) is 26.3. The van der Waals surface area contributed by atoms with Gasteiger partial charge >= 0.3 is 0 Å². The molecule has 28 heavy (non-hydrogen) atoms. The van der Waals surface area contributed by atoms with Crippen LogP contribution < -0.4 is 4.31 Å². The van der Waals surface area contributed by atoms with E-state index >= 15 is 0 Å². The van der Waals surface area contributed by atoms with Gasteiger partial charge in [0, 0.05) is 19.5 Å². The highest BCUT2D eigenvalue weighted by Gasteiger charge is 2.62. The Morgan fingerprint density at radius 3 is 2.54 bits per heavy atom. The van der Waals surface area contributed by atoms with E-state index in [0.717, 1.165) is 19.3 Å². The molecule has 2 saturated heterocycles. The molecule has 3 rings (SSSR count). The summed E-state index contributed by atoms with van der Waals surface area (Å²) in [6.07, 6.45) is 6.42. The molecule has 2 atom stereocenters. The summed E-state index contributed by atoms with van der Waals surface area (Å²) in [6.45, 7) is 2.71. The largest absolute Gasteiger partial charge is 0.389 e. The number of likely N-dealkylation sites (tertiary alicyclic amines) is 1. The quantitative estimate of drug-likeness (QED) is 0.671. The van der Waals surface area contributed by atoms with Crippen LogP contribution in [0.1, 0.15) is 58.3 Å². The van der Waals surface area contributed by atoms with Crippen molar-refractivity contribution < 1.29 is 18.3 Å². The van der Waals surface area contributed by atoms with Crippen LogP contribution in [-0.4, -0.2) is 54.8 Å². The summed E-state index contributed by atoms with van der Waals surface area (Å²) in [5.41, 5.74) is 0.565. The van der Waals surface area contributed by atoms with Crippen molar-refractivity contribution in [1.29, 1.82) is 0 Å². The molecule has 0 aliphatic carbocycles. The van der Waals surface area contributed by atoms with E-state index < -0.39 is 20.9 Å². The number of aliphatic hydroxyl groups excluding tert-OH is 1. The molecule has 156 valence electrons. The van der Waals surface area contributed by atoms with Gasteiger partial charge in [-0.25, -0.2) is 8.42 Å². The second kappa shape index (κ2) is 8.82. The number of carbonyl (C=O) groups is 1. The molecular formula is C21H32N2O4S. The highest BCUT2D eigenvalue weighted by Crippen LogP contribution is 2.43. The second-order valence-corrected chi connectivity index (χ2v) is 10.2. The van der Waals surface area contributed by atoms with Crippen molar-refractivity contribution in [2.75, 3.05) is 23.9 Å². The van der Waals surface area contributed by atoms with E-state index in [1.54, 1.807) is 29.2 Å². The number of amides is 1. The van der Waals surface area contributed by atoms with Crippen molar-refractivity contribution in [2.45, 2.75) is 69.1 Å². The van der Waals surface area contributed by atoms with Crippen LogP contribution in [0.4, 0.5) is 5.69 Å². The molecule has 0 aromatic heterocycles. The molecule has 2 aliphatic heterocycles. The third-order valence-electron chi connectivity index (χ3n) is 6.15. The van der Waals surface area contributed by atoms with E-state index in [-0.39, 0.29) is 19.0 Å². The first kappa shape index (κ1) is 21.1. The predicted octanol–water partition coefficient (Wildman–Crippen LogP) is 2.92. The summed E-state index contributed by atoms with van der Waals surface area (Å²) in [5.74, 6) is 0.00734. The molecule has 7 heteroatoms. The zero-order valence-corrected chi connectivity index (χ0v) is 17.5. The lowest BCUT2D eigenvalue weighted by Gasteiger charge is -2.27. The highest BCUT2D eigenvalue weighted by molar-refractivity contribution is 7.94. The Balaban J connectivity index is 1.62. The van der Waals surface area contributed by atoms with Crippen LogP contribution in [0.25, 0.3) is 0 Å². The van der Waals surface area contributed by atoms with E-state index in [9.17, 15) is 18.3 Å². The van der Waals surface area contributed by atoms with Gasteiger partial charge in [-0.3, -0.25) is 9.10 Å². The van der Waals surface area contributed by atoms with Gasteiger partial charge in [0.15, 0.2) is 0 Å². The minimum atomic E-state index is -3.74. The van der Waals surface area contributed by atoms with Gasteiger partial charge < -0.3 is 10.0 Å². The number of para-hydroxylation sites is 1. The Bertz CT molecular complexity index is 768. The minimum absolute atomic E-state index is 0.00734. The zero-order chi connectivity index (χ0) is 20.2. The average molecular weight is 409 g/mol. The summed E-state index contributed by atoms with van der Waals surface area (Å²) in [6, 6.07) is 8.87. The number of hydrogen-bond donors (Lipinski definition) is 1. The van der Waals surface area contributed by atoms with Crippen LogP contribution in [0.5, 0.6) is 0 Å². The second-order valence-electron chi connectivity index (χ2n) is 8.04. The third kappa shape index (κ3) is 3.92. The van der Waals surface area contributed by atoms with Gasteiger partial charge in [0.25, 0.3) is 0 Å². The van der Waals surface area contributed by atoms with Crippen LogP contribution in [-0.2, 0) is 14.8 Å². The van der Waals surface area contributed by atoms with Crippen LogP contribution in [0.3, 0.4) is 0 Å². The number of carbonyl (C=O) groups excluding carboxylic acids is 1. The van der Waals surface area contributed by atoms with Gasteiger partial charge in [0.2, 0.25) is 15.9 Å². The van der Waals surface area contributed by atoms with Gasteiger partial charge in [-0.15, -0.1) is 0 Å². The molecule has 1 N–H and O–H groups in total. The molecule has 0 radical (unpaired) electrons. The van der Waals surface area contributed by atoms with E-state index in [0.29, 0.717) is 25.1 Å². The zero-order valence-electron chi connectivity index (χ0n) is 16.7. The Labute approximate surface area is 168 Å². The first-order chi connectivity index (χ1) is 13.4. The van der Waals surface area contributed by atoms with Crippen molar-refractivity contribution in [3.63, 3.8) is 0 Å². The highest BCUT2D eigenvalue weighted by atomic mass is 32.2. The van der Waals surface area contributed by atoms with E-state index in [1.165, 1.54) is 23.6 Å².